The molecule has 0 aromatic carbocycles. The molecule has 19 heavy (non-hydrogen) atoms. The molecule has 6 atom stereocenters. The van der Waals surface area contributed by atoms with Gasteiger partial charge in [-0.3, -0.25) is 0 Å². The second-order valence-electron chi connectivity index (χ2n) is 7.78. The van der Waals surface area contributed by atoms with Crippen molar-refractivity contribution in [2.45, 2.75) is 87.5 Å². The van der Waals surface area contributed by atoms with Crippen LogP contribution in [0.5, 0.6) is 0 Å². The molecule has 0 radical (unpaired) electrons. The lowest BCUT2D eigenvalue weighted by Gasteiger charge is -2.40. The van der Waals surface area contributed by atoms with Gasteiger partial charge in [-0.25, -0.2) is 0 Å². The lowest BCUT2D eigenvalue weighted by Crippen LogP contribution is -2.33. The van der Waals surface area contributed by atoms with E-state index in [1.165, 1.54) is 0 Å². The first-order valence-corrected chi connectivity index (χ1v) is 10.0. The summed E-state index contributed by atoms with van der Waals surface area (Å²) in [6.45, 7) is 0. The first-order chi connectivity index (χ1) is 9.42. The molecule has 0 aromatic heterocycles. The lowest BCUT2D eigenvalue weighted by atomic mass is 9.81. The summed E-state index contributed by atoms with van der Waals surface area (Å²) in [5, 5.41) is 2.12. The van der Waals surface area contributed by atoms with Crippen LogP contribution in [0.3, 0.4) is 0 Å². The van der Waals surface area contributed by atoms with Crippen molar-refractivity contribution < 1.29 is 0 Å². The molecule has 0 aliphatic heterocycles. The van der Waals surface area contributed by atoms with Gasteiger partial charge >= 0.3 is 0 Å². The Bertz CT molecular complexity index is 283. The van der Waals surface area contributed by atoms with Gasteiger partial charge in [0.05, 0.1) is 0 Å². The molecule has 0 saturated heterocycles. The highest BCUT2D eigenvalue weighted by molar-refractivity contribution is 8.00. The van der Waals surface area contributed by atoms with E-state index in [1.807, 2.05) is 0 Å². The van der Waals surface area contributed by atoms with E-state index in [-0.39, 0.29) is 0 Å². The quantitative estimate of drug-likeness (QED) is 0.628. The summed E-state index contributed by atoms with van der Waals surface area (Å²) >= 11 is 2.49. The fourth-order valence-corrected chi connectivity index (χ4v) is 8.15. The third kappa shape index (κ3) is 2.49. The van der Waals surface area contributed by atoms with Crippen molar-refractivity contribution in [1.82, 2.24) is 0 Å². The minimum Gasteiger partial charge on any atom is -0.155 e. The highest BCUT2D eigenvalue weighted by Gasteiger charge is 2.42. The summed E-state index contributed by atoms with van der Waals surface area (Å²) in [7, 11) is 0. The Hall–Kier alpha value is 0.350. The van der Waals surface area contributed by atoms with Gasteiger partial charge in [0.15, 0.2) is 0 Å². The van der Waals surface area contributed by atoms with E-state index in [0.29, 0.717) is 0 Å². The van der Waals surface area contributed by atoms with Crippen LogP contribution in [0.15, 0.2) is 0 Å². The van der Waals surface area contributed by atoms with Gasteiger partial charge in [0, 0.05) is 10.5 Å². The average Bonchev–Trinajstić information content (AvgIpc) is 3.08. The molecular formula is C18H30S. The Morgan fingerprint density at radius 2 is 0.895 bits per heavy atom. The fraction of sp³-hybridized carbons (Fsp3) is 1.00. The van der Waals surface area contributed by atoms with Crippen molar-refractivity contribution in [2.24, 2.45) is 23.7 Å². The number of thioether (sulfide) groups is 1. The number of hydrogen-bond acceptors (Lipinski definition) is 1. The molecule has 4 saturated carbocycles. The predicted octanol–water partition coefficient (Wildman–Crippen LogP) is 5.66. The predicted molar refractivity (Wildman–Crippen MR) is 84.5 cm³/mol. The second-order valence-corrected chi connectivity index (χ2v) is 9.27. The summed E-state index contributed by atoms with van der Waals surface area (Å²) in [6.07, 6.45) is 18.7. The SMILES string of the molecule is C1CC2CCCC2C(SC2CCCC3CCCC32)C1. The zero-order valence-corrected chi connectivity index (χ0v) is 13.2. The molecular weight excluding hydrogens is 248 g/mol. The molecule has 0 amide bonds. The minimum atomic E-state index is 1.06. The van der Waals surface area contributed by atoms with E-state index in [9.17, 15) is 0 Å². The summed E-state index contributed by atoms with van der Waals surface area (Å²) in [5.74, 6) is 4.52. The molecule has 0 nitrogen and oxygen atoms in total. The van der Waals surface area contributed by atoms with E-state index in [4.69, 9.17) is 0 Å². The number of hydrogen-bond donors (Lipinski definition) is 0. The number of rotatable bonds is 2. The highest BCUT2D eigenvalue weighted by atomic mass is 32.2. The fourth-order valence-electron chi connectivity index (χ4n) is 5.98. The molecule has 4 aliphatic carbocycles. The third-order valence-electron chi connectivity index (χ3n) is 6.87. The van der Waals surface area contributed by atoms with Crippen molar-refractivity contribution in [2.75, 3.05) is 0 Å². The van der Waals surface area contributed by atoms with Crippen molar-refractivity contribution in [3.05, 3.63) is 0 Å². The summed E-state index contributed by atoms with van der Waals surface area (Å²) in [4.78, 5) is 0. The summed E-state index contributed by atoms with van der Waals surface area (Å²) in [5.41, 5.74) is 0. The van der Waals surface area contributed by atoms with Crippen molar-refractivity contribution in [3.8, 4) is 0 Å². The van der Waals surface area contributed by atoms with Crippen LogP contribution in [0.1, 0.15) is 77.0 Å². The molecule has 4 rings (SSSR count). The van der Waals surface area contributed by atoms with Crippen molar-refractivity contribution in [3.63, 3.8) is 0 Å². The molecule has 0 bridgehead atoms. The zero-order valence-electron chi connectivity index (χ0n) is 12.4. The molecule has 1 heteroatoms. The standard InChI is InChI=1S/C18H30S/c1-5-13-7-3-11-17(15(13)9-1)19-18-12-4-8-14-6-2-10-16(14)18/h13-18H,1-12H2. The Labute approximate surface area is 123 Å². The van der Waals surface area contributed by atoms with Gasteiger partial charge in [0.2, 0.25) is 0 Å². The van der Waals surface area contributed by atoms with E-state index in [2.05, 4.69) is 11.8 Å². The van der Waals surface area contributed by atoms with Crippen LogP contribution >= 0.6 is 11.8 Å². The van der Waals surface area contributed by atoms with Crippen LogP contribution in [-0.2, 0) is 0 Å². The topological polar surface area (TPSA) is 0 Å². The van der Waals surface area contributed by atoms with Crippen LogP contribution in [0.2, 0.25) is 0 Å². The van der Waals surface area contributed by atoms with E-state index in [0.717, 1.165) is 34.2 Å². The Balaban J connectivity index is 1.42. The Morgan fingerprint density at radius 1 is 0.474 bits per heavy atom. The smallest absolute Gasteiger partial charge is 0.00808 e. The maximum absolute atomic E-state index is 2.49. The van der Waals surface area contributed by atoms with E-state index < -0.39 is 0 Å². The maximum atomic E-state index is 2.49. The van der Waals surface area contributed by atoms with Gasteiger partial charge in [-0.15, -0.1) is 0 Å². The van der Waals surface area contributed by atoms with Crippen LogP contribution in [0.4, 0.5) is 0 Å². The summed E-state index contributed by atoms with van der Waals surface area (Å²) in [6, 6.07) is 0. The van der Waals surface area contributed by atoms with Crippen LogP contribution in [0, 0.1) is 23.7 Å². The third-order valence-corrected chi connectivity index (χ3v) is 8.74. The lowest BCUT2D eigenvalue weighted by molar-refractivity contribution is 0.271. The monoisotopic (exact) mass is 278 g/mol. The molecule has 4 fully saturated rings. The zero-order chi connectivity index (χ0) is 12.7. The van der Waals surface area contributed by atoms with Gasteiger partial charge in [-0.2, -0.15) is 11.8 Å². The second kappa shape index (κ2) is 5.62. The van der Waals surface area contributed by atoms with Gasteiger partial charge in [-0.1, -0.05) is 51.4 Å². The summed E-state index contributed by atoms with van der Waals surface area (Å²) < 4.78 is 0. The first-order valence-electron chi connectivity index (χ1n) is 9.07. The highest BCUT2D eigenvalue weighted by Crippen LogP contribution is 2.52. The normalized spacial score (nSPS) is 49.9. The molecule has 4 aliphatic rings. The Morgan fingerprint density at radius 3 is 1.37 bits per heavy atom. The van der Waals surface area contributed by atoms with Gasteiger partial charge in [0.1, 0.15) is 0 Å². The first kappa shape index (κ1) is 13.0. The van der Waals surface area contributed by atoms with Crippen LogP contribution in [-0.4, -0.2) is 10.5 Å². The molecule has 0 spiro atoms. The molecule has 0 N–H and O–H groups in total. The van der Waals surface area contributed by atoms with Gasteiger partial charge < -0.3 is 0 Å². The van der Waals surface area contributed by atoms with Gasteiger partial charge in [0.25, 0.3) is 0 Å². The van der Waals surface area contributed by atoms with Gasteiger partial charge in [-0.05, 0) is 49.4 Å². The minimum absolute atomic E-state index is 1.06. The van der Waals surface area contributed by atoms with Crippen LogP contribution in [0.25, 0.3) is 0 Å². The van der Waals surface area contributed by atoms with Crippen molar-refractivity contribution >= 4 is 11.8 Å². The maximum Gasteiger partial charge on any atom is 0.00808 e. The molecule has 6 unspecified atom stereocenters. The largest absolute Gasteiger partial charge is 0.155 e. The van der Waals surface area contributed by atoms with Crippen LogP contribution < -0.4 is 0 Å². The molecule has 0 aromatic rings. The average molecular weight is 279 g/mol. The van der Waals surface area contributed by atoms with E-state index in [1.54, 1.807) is 77.0 Å². The van der Waals surface area contributed by atoms with E-state index >= 15 is 0 Å². The number of fused-ring (bicyclic) bond motifs is 2. The van der Waals surface area contributed by atoms with Crippen molar-refractivity contribution in [1.29, 1.82) is 0 Å². The molecule has 0 heterocycles. The molecule has 108 valence electrons. The Kier molecular flexibility index (Phi) is 3.86.